The lowest BCUT2D eigenvalue weighted by Gasteiger charge is -2.17. The smallest absolute Gasteiger partial charge is 0.262 e. The van der Waals surface area contributed by atoms with Gasteiger partial charge >= 0.3 is 0 Å². The maximum Gasteiger partial charge on any atom is 0.262 e. The zero-order chi connectivity index (χ0) is 22.3. The Kier molecular flexibility index (Phi) is 7.82. The van der Waals surface area contributed by atoms with E-state index >= 15 is 0 Å². The number of carbonyl (C=O) groups excluding carboxylic acids is 2. The largest absolute Gasteiger partial charge is 0.484 e. The second kappa shape index (κ2) is 10.1. The van der Waals surface area contributed by atoms with Crippen LogP contribution in [0.15, 0.2) is 48.5 Å². The van der Waals surface area contributed by atoms with Gasteiger partial charge in [0.25, 0.3) is 11.8 Å². The zero-order valence-electron chi connectivity index (χ0n) is 17.5. The molecule has 8 nitrogen and oxygen atoms in total. The molecule has 0 radical (unpaired) electrons. The second-order valence-electron chi connectivity index (χ2n) is 6.89. The third-order valence-corrected chi connectivity index (χ3v) is 5.71. The van der Waals surface area contributed by atoms with Crippen LogP contribution < -0.4 is 19.7 Å². The molecule has 0 bridgehead atoms. The molecule has 2 aromatic rings. The lowest BCUT2D eigenvalue weighted by atomic mass is 10.1. The van der Waals surface area contributed by atoms with E-state index in [2.05, 4.69) is 10.6 Å². The minimum atomic E-state index is -3.35. The SMILES string of the molecule is CC[C@H](C)NC(=O)c1ccccc1NC(=O)COc1ccc(N(C)S(C)(=O)=O)cc1. The van der Waals surface area contributed by atoms with Crippen LogP contribution in [0.3, 0.4) is 0 Å². The molecule has 0 aliphatic heterocycles. The summed E-state index contributed by atoms with van der Waals surface area (Å²) in [6, 6.07) is 13.1. The Morgan fingerprint density at radius 1 is 1.10 bits per heavy atom. The van der Waals surface area contributed by atoms with Crippen LogP contribution in [0, 0.1) is 0 Å². The standard InChI is InChI=1S/C21H27N3O5S/c1-5-15(2)22-21(26)18-8-6-7-9-19(18)23-20(25)14-29-17-12-10-16(11-13-17)24(3)30(4,27)28/h6-13,15H,5,14H2,1-4H3,(H,22,26)(H,23,25)/t15-/m0/s1. The molecule has 1 atom stereocenters. The Hall–Kier alpha value is -3.07. The number of anilines is 2. The van der Waals surface area contributed by atoms with Crippen molar-refractivity contribution in [3.63, 3.8) is 0 Å². The molecule has 0 saturated heterocycles. The van der Waals surface area contributed by atoms with Gasteiger partial charge in [0.1, 0.15) is 5.75 Å². The number of rotatable bonds is 9. The lowest BCUT2D eigenvalue weighted by Crippen LogP contribution is -2.33. The van der Waals surface area contributed by atoms with Crippen LogP contribution in [0.2, 0.25) is 0 Å². The Morgan fingerprint density at radius 2 is 1.73 bits per heavy atom. The van der Waals surface area contributed by atoms with E-state index in [-0.39, 0.29) is 18.6 Å². The van der Waals surface area contributed by atoms with E-state index in [9.17, 15) is 18.0 Å². The molecule has 0 unspecified atom stereocenters. The summed E-state index contributed by atoms with van der Waals surface area (Å²) < 4.78 is 29.7. The number of amides is 2. The van der Waals surface area contributed by atoms with Gasteiger partial charge in [-0.3, -0.25) is 13.9 Å². The molecule has 2 N–H and O–H groups in total. The quantitative estimate of drug-likeness (QED) is 0.633. The topological polar surface area (TPSA) is 105 Å². The second-order valence-corrected chi connectivity index (χ2v) is 8.90. The van der Waals surface area contributed by atoms with Crippen molar-refractivity contribution in [3.8, 4) is 5.75 Å². The van der Waals surface area contributed by atoms with Crippen LogP contribution in [-0.4, -0.2) is 46.2 Å². The number of nitrogens with one attached hydrogen (secondary N) is 2. The molecular weight excluding hydrogens is 406 g/mol. The molecular formula is C21H27N3O5S. The summed E-state index contributed by atoms with van der Waals surface area (Å²) in [6.45, 7) is 3.62. The van der Waals surface area contributed by atoms with Gasteiger partial charge in [-0.05, 0) is 49.7 Å². The lowest BCUT2D eigenvalue weighted by molar-refractivity contribution is -0.118. The van der Waals surface area contributed by atoms with Gasteiger partial charge in [-0.2, -0.15) is 0 Å². The summed E-state index contributed by atoms with van der Waals surface area (Å²) in [4.78, 5) is 24.7. The van der Waals surface area contributed by atoms with Crippen molar-refractivity contribution in [2.24, 2.45) is 0 Å². The van der Waals surface area contributed by atoms with E-state index in [1.54, 1.807) is 48.5 Å². The van der Waals surface area contributed by atoms with Crippen LogP contribution in [0.4, 0.5) is 11.4 Å². The molecule has 0 aliphatic rings. The summed E-state index contributed by atoms with van der Waals surface area (Å²) in [5.41, 5.74) is 1.26. The molecule has 0 spiro atoms. The van der Waals surface area contributed by atoms with Gasteiger partial charge in [-0.25, -0.2) is 8.42 Å². The average molecular weight is 434 g/mol. The molecule has 162 valence electrons. The van der Waals surface area contributed by atoms with Gasteiger partial charge in [0.15, 0.2) is 6.61 Å². The number of para-hydroxylation sites is 1. The van der Waals surface area contributed by atoms with E-state index in [4.69, 9.17) is 4.74 Å². The van der Waals surface area contributed by atoms with Gasteiger partial charge in [-0.15, -0.1) is 0 Å². The Labute approximate surface area is 177 Å². The van der Waals surface area contributed by atoms with Crippen LogP contribution >= 0.6 is 0 Å². The third-order valence-electron chi connectivity index (χ3n) is 4.50. The number of sulfonamides is 1. The first-order valence-corrected chi connectivity index (χ1v) is 11.3. The van der Waals surface area contributed by atoms with Crippen molar-refractivity contribution in [1.29, 1.82) is 0 Å². The van der Waals surface area contributed by atoms with E-state index in [0.717, 1.165) is 17.0 Å². The van der Waals surface area contributed by atoms with Crippen molar-refractivity contribution in [3.05, 3.63) is 54.1 Å². The minimum Gasteiger partial charge on any atom is -0.484 e. The molecule has 0 aromatic heterocycles. The van der Waals surface area contributed by atoms with Crippen molar-refractivity contribution in [2.45, 2.75) is 26.3 Å². The Balaban J connectivity index is 1.98. The fraction of sp³-hybridized carbons (Fsp3) is 0.333. The molecule has 0 saturated carbocycles. The molecule has 0 fully saturated rings. The number of ether oxygens (including phenoxy) is 1. The molecule has 2 amide bonds. The van der Waals surface area contributed by atoms with Gasteiger partial charge in [0.05, 0.1) is 23.2 Å². The van der Waals surface area contributed by atoms with Gasteiger partial charge in [0.2, 0.25) is 10.0 Å². The maximum absolute atomic E-state index is 12.4. The highest BCUT2D eigenvalue weighted by Gasteiger charge is 2.15. The van der Waals surface area contributed by atoms with E-state index < -0.39 is 15.9 Å². The van der Waals surface area contributed by atoms with Crippen LogP contribution in [0.5, 0.6) is 5.75 Å². The summed E-state index contributed by atoms with van der Waals surface area (Å²) >= 11 is 0. The van der Waals surface area contributed by atoms with Crippen LogP contribution in [-0.2, 0) is 14.8 Å². The number of hydrogen-bond donors (Lipinski definition) is 2. The Bertz CT molecular complexity index is 990. The average Bonchev–Trinajstić information content (AvgIpc) is 2.71. The van der Waals surface area contributed by atoms with Gasteiger partial charge in [-0.1, -0.05) is 19.1 Å². The van der Waals surface area contributed by atoms with E-state index in [1.807, 2.05) is 13.8 Å². The molecule has 0 aliphatic carbocycles. The number of carbonyl (C=O) groups is 2. The first-order chi connectivity index (χ1) is 14.1. The summed E-state index contributed by atoms with van der Waals surface area (Å²) in [5, 5.41) is 5.56. The number of nitrogens with zero attached hydrogens (tertiary/aromatic N) is 1. The van der Waals surface area contributed by atoms with Crippen LogP contribution in [0.25, 0.3) is 0 Å². The molecule has 30 heavy (non-hydrogen) atoms. The fourth-order valence-corrected chi connectivity index (χ4v) is 2.98. The summed E-state index contributed by atoms with van der Waals surface area (Å²) in [6.07, 6.45) is 1.91. The van der Waals surface area contributed by atoms with Crippen molar-refractivity contribution in [1.82, 2.24) is 5.32 Å². The first-order valence-electron chi connectivity index (χ1n) is 9.48. The Morgan fingerprint density at radius 3 is 2.33 bits per heavy atom. The zero-order valence-corrected chi connectivity index (χ0v) is 18.3. The monoisotopic (exact) mass is 433 g/mol. The molecule has 2 aromatic carbocycles. The van der Waals surface area contributed by atoms with Crippen molar-refractivity contribution >= 4 is 33.2 Å². The van der Waals surface area contributed by atoms with Gasteiger partial charge in [0, 0.05) is 13.1 Å². The van der Waals surface area contributed by atoms with Crippen molar-refractivity contribution < 1.29 is 22.7 Å². The van der Waals surface area contributed by atoms with Gasteiger partial charge < -0.3 is 15.4 Å². The highest BCUT2D eigenvalue weighted by Crippen LogP contribution is 2.20. The highest BCUT2D eigenvalue weighted by molar-refractivity contribution is 7.92. The number of hydrogen-bond acceptors (Lipinski definition) is 5. The molecule has 0 heterocycles. The molecule has 2 rings (SSSR count). The summed E-state index contributed by atoms with van der Waals surface area (Å²) in [5.74, 6) is -0.263. The minimum absolute atomic E-state index is 0.0225. The highest BCUT2D eigenvalue weighted by atomic mass is 32.2. The first kappa shape index (κ1) is 23.2. The predicted octanol–water partition coefficient (Wildman–Crippen LogP) is 2.63. The maximum atomic E-state index is 12.4. The van der Waals surface area contributed by atoms with E-state index in [0.29, 0.717) is 22.7 Å². The van der Waals surface area contributed by atoms with Crippen LogP contribution in [0.1, 0.15) is 30.6 Å². The fourth-order valence-electron chi connectivity index (χ4n) is 2.47. The summed E-state index contributed by atoms with van der Waals surface area (Å²) in [7, 11) is -1.90. The molecule has 9 heteroatoms. The number of benzene rings is 2. The van der Waals surface area contributed by atoms with Crippen molar-refractivity contribution in [2.75, 3.05) is 29.5 Å². The van der Waals surface area contributed by atoms with E-state index in [1.165, 1.54) is 7.05 Å². The third kappa shape index (κ3) is 6.48. The predicted molar refractivity (Wildman–Crippen MR) is 117 cm³/mol. The normalized spacial score (nSPS) is 12.0.